The number of carbonyl (C=O) groups excluding carboxylic acids is 1. The van der Waals surface area contributed by atoms with E-state index in [0.717, 1.165) is 30.9 Å². The molecule has 27 heavy (non-hydrogen) atoms. The zero-order chi connectivity index (χ0) is 18.4. The van der Waals surface area contributed by atoms with Crippen LogP contribution in [0.15, 0.2) is 35.6 Å². The van der Waals surface area contributed by atoms with Gasteiger partial charge in [-0.3, -0.25) is 14.5 Å². The average molecular weight is 483 g/mol. The molecule has 146 valence electrons. The molecule has 0 saturated carbocycles. The number of aromatic nitrogens is 3. The van der Waals surface area contributed by atoms with Gasteiger partial charge in [0.1, 0.15) is 12.2 Å². The molecule has 1 amide bonds. The van der Waals surface area contributed by atoms with Crippen molar-refractivity contribution < 1.29 is 4.79 Å². The molecule has 0 unspecified atom stereocenters. The minimum atomic E-state index is 0. The smallest absolute Gasteiger partial charge is 0.227 e. The summed E-state index contributed by atoms with van der Waals surface area (Å²) in [5, 5.41) is 10.4. The fourth-order valence-corrected chi connectivity index (χ4v) is 3.04. The van der Waals surface area contributed by atoms with Gasteiger partial charge >= 0.3 is 0 Å². The van der Waals surface area contributed by atoms with Gasteiger partial charge in [0.15, 0.2) is 5.96 Å². The van der Waals surface area contributed by atoms with Crippen LogP contribution >= 0.6 is 24.0 Å². The number of anilines is 1. The average Bonchev–Trinajstić information content (AvgIpc) is 3.27. The molecule has 1 aliphatic heterocycles. The predicted molar refractivity (Wildman–Crippen MR) is 116 cm³/mol. The molecule has 0 spiro atoms. The second-order valence-corrected chi connectivity index (χ2v) is 6.18. The third-order valence-corrected chi connectivity index (χ3v) is 4.49. The number of rotatable bonds is 6. The Bertz CT molecular complexity index is 790. The Morgan fingerprint density at radius 2 is 2.11 bits per heavy atom. The molecule has 3 rings (SSSR count). The Kier molecular flexibility index (Phi) is 8.01. The van der Waals surface area contributed by atoms with Crippen LogP contribution in [0.5, 0.6) is 0 Å². The van der Waals surface area contributed by atoms with Gasteiger partial charge in [-0.1, -0.05) is 18.2 Å². The summed E-state index contributed by atoms with van der Waals surface area (Å²) >= 11 is 0. The van der Waals surface area contributed by atoms with E-state index < -0.39 is 0 Å². The summed E-state index contributed by atoms with van der Waals surface area (Å²) in [5.41, 5.74) is 2.32. The third kappa shape index (κ3) is 5.41. The van der Waals surface area contributed by atoms with Crippen molar-refractivity contribution in [1.82, 2.24) is 25.4 Å². The molecule has 2 aromatic rings. The highest BCUT2D eigenvalue weighted by Gasteiger charge is 2.23. The Balaban J connectivity index is 0.00000261. The first-order valence-electron chi connectivity index (χ1n) is 8.84. The van der Waals surface area contributed by atoms with Crippen molar-refractivity contribution in [1.29, 1.82) is 0 Å². The van der Waals surface area contributed by atoms with E-state index >= 15 is 0 Å². The fourth-order valence-electron chi connectivity index (χ4n) is 3.04. The summed E-state index contributed by atoms with van der Waals surface area (Å²) < 4.78 is 1.72. The number of carbonyl (C=O) groups is 1. The SMILES string of the molecule is CN=C(NCCCC(=O)N1CCc2ccccc21)NCc1ncnn1C.I. The van der Waals surface area contributed by atoms with Gasteiger partial charge in [0.05, 0.1) is 6.54 Å². The first-order chi connectivity index (χ1) is 12.7. The van der Waals surface area contributed by atoms with Gasteiger partial charge in [-0.25, -0.2) is 4.98 Å². The molecule has 9 heteroatoms. The van der Waals surface area contributed by atoms with Gasteiger partial charge < -0.3 is 15.5 Å². The Hall–Kier alpha value is -2.17. The number of aliphatic imine (C=N–C) groups is 1. The van der Waals surface area contributed by atoms with Gasteiger partial charge in [-0.2, -0.15) is 5.10 Å². The Morgan fingerprint density at radius 1 is 1.30 bits per heavy atom. The lowest BCUT2D eigenvalue weighted by Gasteiger charge is -2.17. The van der Waals surface area contributed by atoms with Crippen LogP contribution in [-0.2, 0) is 24.8 Å². The molecule has 2 heterocycles. The van der Waals surface area contributed by atoms with Crippen LogP contribution in [-0.4, -0.2) is 46.8 Å². The lowest BCUT2D eigenvalue weighted by Crippen LogP contribution is -2.38. The highest BCUT2D eigenvalue weighted by molar-refractivity contribution is 14.0. The number of nitrogens with one attached hydrogen (secondary N) is 2. The van der Waals surface area contributed by atoms with Crippen LogP contribution in [0, 0.1) is 0 Å². The molecule has 0 aliphatic carbocycles. The maximum absolute atomic E-state index is 12.5. The van der Waals surface area contributed by atoms with Crippen molar-refractivity contribution in [2.24, 2.45) is 12.0 Å². The normalized spacial score (nSPS) is 13.1. The highest BCUT2D eigenvalue weighted by Crippen LogP contribution is 2.27. The van der Waals surface area contributed by atoms with Crippen molar-refractivity contribution in [3.8, 4) is 0 Å². The molecule has 8 nitrogen and oxygen atoms in total. The number of amides is 1. The summed E-state index contributed by atoms with van der Waals surface area (Å²) in [7, 11) is 3.57. The van der Waals surface area contributed by atoms with Crippen molar-refractivity contribution in [2.75, 3.05) is 25.0 Å². The van der Waals surface area contributed by atoms with E-state index in [1.165, 1.54) is 11.9 Å². The van der Waals surface area contributed by atoms with Crippen LogP contribution in [0.1, 0.15) is 24.2 Å². The summed E-state index contributed by atoms with van der Waals surface area (Å²) in [4.78, 5) is 22.7. The van der Waals surface area contributed by atoms with E-state index in [2.05, 4.69) is 31.8 Å². The predicted octanol–water partition coefficient (Wildman–Crippen LogP) is 1.47. The second-order valence-electron chi connectivity index (χ2n) is 6.18. The van der Waals surface area contributed by atoms with Gasteiger partial charge in [0.2, 0.25) is 5.91 Å². The minimum Gasteiger partial charge on any atom is -0.356 e. The molecular formula is C18H26IN7O. The maximum atomic E-state index is 12.5. The van der Waals surface area contributed by atoms with E-state index in [4.69, 9.17) is 0 Å². The number of guanidine groups is 1. The third-order valence-electron chi connectivity index (χ3n) is 4.49. The van der Waals surface area contributed by atoms with E-state index in [9.17, 15) is 4.79 Å². The van der Waals surface area contributed by atoms with Crippen molar-refractivity contribution >= 4 is 41.5 Å². The van der Waals surface area contributed by atoms with Crippen molar-refractivity contribution in [3.63, 3.8) is 0 Å². The lowest BCUT2D eigenvalue weighted by atomic mass is 10.2. The first-order valence-corrected chi connectivity index (χ1v) is 8.84. The van der Waals surface area contributed by atoms with E-state index in [-0.39, 0.29) is 29.9 Å². The number of halogens is 1. The van der Waals surface area contributed by atoms with E-state index in [0.29, 0.717) is 25.5 Å². The number of para-hydroxylation sites is 1. The fraction of sp³-hybridized carbons (Fsp3) is 0.444. The van der Waals surface area contributed by atoms with Gasteiger partial charge in [0, 0.05) is 39.3 Å². The topological polar surface area (TPSA) is 87.4 Å². The molecule has 1 aliphatic rings. The number of aryl methyl sites for hydroxylation is 1. The Morgan fingerprint density at radius 3 is 2.85 bits per heavy atom. The quantitative estimate of drug-likeness (QED) is 0.281. The zero-order valence-electron chi connectivity index (χ0n) is 15.7. The van der Waals surface area contributed by atoms with Gasteiger partial charge in [-0.05, 0) is 24.5 Å². The highest BCUT2D eigenvalue weighted by atomic mass is 127. The van der Waals surface area contributed by atoms with Crippen LogP contribution in [0.4, 0.5) is 5.69 Å². The number of hydrogen-bond donors (Lipinski definition) is 2. The van der Waals surface area contributed by atoms with E-state index in [1.807, 2.05) is 30.1 Å². The summed E-state index contributed by atoms with van der Waals surface area (Å²) in [6.45, 7) is 2.01. The maximum Gasteiger partial charge on any atom is 0.227 e. The number of nitrogens with zero attached hydrogens (tertiary/aromatic N) is 5. The van der Waals surface area contributed by atoms with Crippen LogP contribution in [0.3, 0.4) is 0 Å². The Labute approximate surface area is 176 Å². The van der Waals surface area contributed by atoms with Gasteiger partial charge in [-0.15, -0.1) is 24.0 Å². The second kappa shape index (κ2) is 10.2. The zero-order valence-corrected chi connectivity index (χ0v) is 18.0. The summed E-state index contributed by atoms with van der Waals surface area (Å²) in [6.07, 6.45) is 3.73. The lowest BCUT2D eigenvalue weighted by molar-refractivity contribution is -0.118. The molecule has 0 atom stereocenters. The summed E-state index contributed by atoms with van der Waals surface area (Å²) in [5.74, 6) is 1.70. The van der Waals surface area contributed by atoms with Crippen LogP contribution in [0.2, 0.25) is 0 Å². The first kappa shape index (κ1) is 21.1. The van der Waals surface area contributed by atoms with Crippen LogP contribution in [0.25, 0.3) is 0 Å². The summed E-state index contributed by atoms with van der Waals surface area (Å²) in [6, 6.07) is 8.13. The molecule has 0 radical (unpaired) electrons. The van der Waals surface area contributed by atoms with Crippen LogP contribution < -0.4 is 15.5 Å². The van der Waals surface area contributed by atoms with E-state index in [1.54, 1.807) is 11.7 Å². The standard InChI is InChI=1S/C18H25N7O.HI/c1-19-18(21-12-16-22-13-23-24(16)2)20-10-5-8-17(26)25-11-9-14-6-3-4-7-15(14)25;/h3-4,6-7,13H,5,8-12H2,1-2H3,(H2,19,20,21);1H. The monoisotopic (exact) mass is 483 g/mol. The molecule has 0 saturated heterocycles. The number of benzene rings is 1. The number of fused-ring (bicyclic) bond motifs is 1. The molecular weight excluding hydrogens is 457 g/mol. The van der Waals surface area contributed by atoms with Crippen molar-refractivity contribution in [3.05, 3.63) is 42.0 Å². The molecule has 0 fully saturated rings. The van der Waals surface area contributed by atoms with Crippen molar-refractivity contribution in [2.45, 2.75) is 25.8 Å². The molecule has 2 N–H and O–H groups in total. The largest absolute Gasteiger partial charge is 0.356 e. The number of hydrogen-bond acceptors (Lipinski definition) is 4. The minimum absolute atomic E-state index is 0. The molecule has 1 aromatic heterocycles. The van der Waals surface area contributed by atoms with Gasteiger partial charge in [0.25, 0.3) is 0 Å². The molecule has 1 aromatic carbocycles. The molecule has 0 bridgehead atoms.